The minimum Gasteiger partial charge on any atom is -0.497 e. The lowest BCUT2D eigenvalue weighted by atomic mass is 9.81. The molecule has 0 spiro atoms. The summed E-state index contributed by atoms with van der Waals surface area (Å²) in [6.45, 7) is 3.60. The Hall–Kier alpha value is -1.58. The van der Waals surface area contributed by atoms with Gasteiger partial charge in [0.15, 0.2) is 0 Å². The van der Waals surface area contributed by atoms with Crippen LogP contribution in [-0.4, -0.2) is 31.0 Å². The van der Waals surface area contributed by atoms with E-state index in [1.165, 1.54) is 6.07 Å². The number of methoxy groups -OCH3 is 1. The topological polar surface area (TPSA) is 29.5 Å². The van der Waals surface area contributed by atoms with Gasteiger partial charge in [-0.15, -0.1) is 0 Å². The van der Waals surface area contributed by atoms with Crippen LogP contribution in [0.25, 0.3) is 0 Å². The van der Waals surface area contributed by atoms with Crippen LogP contribution < -0.4 is 4.74 Å². The van der Waals surface area contributed by atoms with E-state index in [4.69, 9.17) is 4.74 Å². The Bertz CT molecular complexity index is 542. The van der Waals surface area contributed by atoms with E-state index in [2.05, 4.69) is 6.92 Å². The molecule has 1 aromatic rings. The zero-order valence-corrected chi connectivity index (χ0v) is 12.6. The van der Waals surface area contributed by atoms with Gasteiger partial charge in [0, 0.05) is 25.1 Å². The molecular weight excluding hydrogens is 269 g/mol. The van der Waals surface area contributed by atoms with E-state index in [1.807, 2.05) is 17.0 Å². The van der Waals surface area contributed by atoms with Crippen molar-refractivity contribution in [2.45, 2.75) is 32.1 Å². The van der Waals surface area contributed by atoms with Crippen LogP contribution in [0, 0.1) is 17.7 Å². The standard InChI is InChI=1S/C17H22FNO2/c1-11-10-19(17(20)12-3-4-12)8-7-14(11)15-6-5-13(21-2)9-16(15)18/h5-6,9,11-12,14H,3-4,7-8,10H2,1-2H3. The molecule has 114 valence electrons. The maximum atomic E-state index is 14.2. The van der Waals surface area contributed by atoms with Crippen molar-refractivity contribution in [1.29, 1.82) is 0 Å². The van der Waals surface area contributed by atoms with Gasteiger partial charge in [-0.1, -0.05) is 13.0 Å². The molecule has 1 aliphatic carbocycles. The quantitative estimate of drug-likeness (QED) is 0.856. The second-order valence-corrected chi connectivity index (χ2v) is 6.32. The first-order valence-electron chi connectivity index (χ1n) is 7.72. The fraction of sp³-hybridized carbons (Fsp3) is 0.588. The number of rotatable bonds is 3. The molecule has 3 nitrogen and oxygen atoms in total. The van der Waals surface area contributed by atoms with Crippen LogP contribution >= 0.6 is 0 Å². The van der Waals surface area contributed by atoms with Crippen LogP contribution in [0.2, 0.25) is 0 Å². The van der Waals surface area contributed by atoms with Crippen molar-refractivity contribution in [2.24, 2.45) is 11.8 Å². The molecule has 1 amide bonds. The molecule has 3 rings (SSSR count). The van der Waals surface area contributed by atoms with Crippen molar-refractivity contribution < 1.29 is 13.9 Å². The van der Waals surface area contributed by atoms with Crippen molar-refractivity contribution in [3.8, 4) is 5.75 Å². The molecule has 4 heteroatoms. The smallest absolute Gasteiger partial charge is 0.225 e. The first-order chi connectivity index (χ1) is 10.1. The number of hydrogen-bond acceptors (Lipinski definition) is 2. The highest BCUT2D eigenvalue weighted by Gasteiger charge is 2.37. The van der Waals surface area contributed by atoms with Gasteiger partial charge in [-0.05, 0) is 42.7 Å². The third-order valence-corrected chi connectivity index (χ3v) is 4.75. The van der Waals surface area contributed by atoms with Crippen molar-refractivity contribution in [1.82, 2.24) is 4.90 Å². The molecule has 2 fully saturated rings. The van der Waals surface area contributed by atoms with Gasteiger partial charge in [0.05, 0.1) is 7.11 Å². The summed E-state index contributed by atoms with van der Waals surface area (Å²) in [7, 11) is 1.54. The number of piperidine rings is 1. The second-order valence-electron chi connectivity index (χ2n) is 6.32. The predicted molar refractivity (Wildman–Crippen MR) is 78.8 cm³/mol. The maximum absolute atomic E-state index is 14.2. The van der Waals surface area contributed by atoms with Crippen molar-refractivity contribution in [3.05, 3.63) is 29.6 Å². The van der Waals surface area contributed by atoms with E-state index in [0.29, 0.717) is 11.7 Å². The number of nitrogens with zero attached hydrogens (tertiary/aromatic N) is 1. The Kier molecular flexibility index (Phi) is 3.87. The zero-order valence-electron chi connectivity index (χ0n) is 12.6. The Morgan fingerprint density at radius 1 is 1.33 bits per heavy atom. The number of carbonyl (C=O) groups is 1. The Balaban J connectivity index is 1.71. The SMILES string of the molecule is COc1ccc(C2CCN(C(=O)C3CC3)CC2C)c(F)c1. The van der Waals surface area contributed by atoms with Gasteiger partial charge in [-0.2, -0.15) is 0 Å². The molecule has 0 aromatic heterocycles. The monoisotopic (exact) mass is 291 g/mol. The predicted octanol–water partition coefficient (Wildman–Crippen LogP) is 3.20. The summed E-state index contributed by atoms with van der Waals surface area (Å²) in [6, 6.07) is 5.09. The minimum absolute atomic E-state index is 0.180. The van der Waals surface area contributed by atoms with E-state index in [1.54, 1.807) is 7.11 Å². The summed E-state index contributed by atoms with van der Waals surface area (Å²) in [5, 5.41) is 0. The van der Waals surface area contributed by atoms with Gasteiger partial charge < -0.3 is 9.64 Å². The third-order valence-electron chi connectivity index (χ3n) is 4.75. The van der Waals surface area contributed by atoms with E-state index in [-0.39, 0.29) is 23.6 Å². The van der Waals surface area contributed by atoms with Gasteiger partial charge in [0.1, 0.15) is 11.6 Å². The van der Waals surface area contributed by atoms with Gasteiger partial charge >= 0.3 is 0 Å². The Morgan fingerprint density at radius 2 is 2.10 bits per heavy atom. The number of likely N-dealkylation sites (tertiary alicyclic amines) is 1. The fourth-order valence-electron chi connectivity index (χ4n) is 3.33. The molecule has 1 aliphatic heterocycles. The molecule has 0 bridgehead atoms. The molecule has 1 saturated heterocycles. The Labute approximate surface area is 125 Å². The number of carbonyl (C=O) groups excluding carboxylic acids is 1. The van der Waals surface area contributed by atoms with Gasteiger partial charge in [0.25, 0.3) is 0 Å². The highest BCUT2D eigenvalue weighted by Crippen LogP contribution is 2.38. The number of benzene rings is 1. The van der Waals surface area contributed by atoms with E-state index >= 15 is 0 Å². The molecular formula is C17H22FNO2. The summed E-state index contributed by atoms with van der Waals surface area (Å²) in [5.74, 6) is 1.38. The van der Waals surface area contributed by atoms with Crippen LogP contribution in [0.5, 0.6) is 5.75 Å². The molecule has 0 radical (unpaired) electrons. The maximum Gasteiger partial charge on any atom is 0.225 e. The average molecular weight is 291 g/mol. The summed E-state index contributed by atoms with van der Waals surface area (Å²) < 4.78 is 19.3. The van der Waals surface area contributed by atoms with E-state index < -0.39 is 0 Å². The first-order valence-corrected chi connectivity index (χ1v) is 7.72. The van der Waals surface area contributed by atoms with Crippen molar-refractivity contribution in [2.75, 3.05) is 20.2 Å². The lowest BCUT2D eigenvalue weighted by molar-refractivity contribution is -0.134. The summed E-state index contributed by atoms with van der Waals surface area (Å²) in [5.41, 5.74) is 0.752. The molecule has 1 aromatic carbocycles. The minimum atomic E-state index is -0.201. The number of amides is 1. The average Bonchev–Trinajstić information content (AvgIpc) is 3.31. The lowest BCUT2D eigenvalue weighted by Gasteiger charge is -2.37. The molecule has 1 saturated carbocycles. The zero-order chi connectivity index (χ0) is 15.0. The molecule has 2 aliphatic rings. The van der Waals surface area contributed by atoms with Crippen LogP contribution in [0.3, 0.4) is 0 Å². The molecule has 2 unspecified atom stereocenters. The number of ether oxygens (including phenoxy) is 1. The largest absolute Gasteiger partial charge is 0.497 e. The lowest BCUT2D eigenvalue weighted by Crippen LogP contribution is -2.43. The molecule has 2 atom stereocenters. The highest BCUT2D eigenvalue weighted by molar-refractivity contribution is 5.81. The summed E-state index contributed by atoms with van der Waals surface area (Å²) in [6.07, 6.45) is 2.92. The third kappa shape index (κ3) is 2.89. The normalized spacial score (nSPS) is 25.8. The van der Waals surface area contributed by atoms with Gasteiger partial charge in [-0.3, -0.25) is 4.79 Å². The van der Waals surface area contributed by atoms with Gasteiger partial charge in [-0.25, -0.2) is 4.39 Å². The van der Waals surface area contributed by atoms with Crippen LogP contribution in [0.15, 0.2) is 18.2 Å². The van der Waals surface area contributed by atoms with Crippen LogP contribution in [0.4, 0.5) is 4.39 Å². The number of hydrogen-bond donors (Lipinski definition) is 0. The van der Waals surface area contributed by atoms with Crippen molar-refractivity contribution >= 4 is 5.91 Å². The second kappa shape index (κ2) is 5.66. The summed E-state index contributed by atoms with van der Waals surface area (Å²) >= 11 is 0. The van der Waals surface area contributed by atoms with Crippen LogP contribution in [0.1, 0.15) is 37.7 Å². The van der Waals surface area contributed by atoms with Crippen molar-refractivity contribution in [3.63, 3.8) is 0 Å². The van der Waals surface area contributed by atoms with E-state index in [0.717, 1.165) is 37.9 Å². The summed E-state index contributed by atoms with van der Waals surface area (Å²) in [4.78, 5) is 14.1. The molecule has 1 heterocycles. The van der Waals surface area contributed by atoms with Crippen LogP contribution in [-0.2, 0) is 4.79 Å². The first kappa shape index (κ1) is 14.4. The Morgan fingerprint density at radius 3 is 2.67 bits per heavy atom. The number of halogens is 1. The van der Waals surface area contributed by atoms with Gasteiger partial charge in [0.2, 0.25) is 5.91 Å². The molecule has 0 N–H and O–H groups in total. The van der Waals surface area contributed by atoms with E-state index in [9.17, 15) is 9.18 Å². The molecule has 21 heavy (non-hydrogen) atoms. The fourth-order valence-corrected chi connectivity index (χ4v) is 3.33. The highest BCUT2D eigenvalue weighted by atomic mass is 19.1.